The van der Waals surface area contributed by atoms with Crippen LogP contribution in [0.2, 0.25) is 0 Å². The van der Waals surface area contributed by atoms with Crippen LogP contribution in [0.15, 0.2) is 71.5 Å². The van der Waals surface area contributed by atoms with Crippen LogP contribution in [0.5, 0.6) is 0 Å². The molecule has 0 atom stereocenters. The maximum absolute atomic E-state index is 12.2. The lowest BCUT2D eigenvalue weighted by Gasteiger charge is -2.11. The number of para-hydroxylation sites is 2. The predicted octanol–water partition coefficient (Wildman–Crippen LogP) is 2.34. The van der Waals surface area contributed by atoms with Crippen molar-refractivity contribution in [3.8, 4) is 5.69 Å². The molecule has 7 nitrogen and oxygen atoms in total. The lowest BCUT2D eigenvalue weighted by atomic mass is 10.3. The smallest absolute Gasteiger partial charge is 0.363 e. The van der Waals surface area contributed by atoms with Crippen molar-refractivity contribution in [3.05, 3.63) is 88.3 Å². The molecule has 7 heteroatoms. The van der Waals surface area contributed by atoms with E-state index < -0.39 is 23.9 Å². The Morgan fingerprint density at radius 2 is 1.67 bits per heavy atom. The maximum atomic E-state index is 12.2. The van der Waals surface area contributed by atoms with Gasteiger partial charge in [-0.05, 0) is 31.2 Å². The second kappa shape index (κ2) is 8.09. The number of aromatic nitrogens is 2. The number of esters is 1. The molecule has 27 heavy (non-hydrogen) atoms. The number of benzene rings is 2. The zero-order valence-electron chi connectivity index (χ0n) is 14.6. The van der Waals surface area contributed by atoms with Crippen molar-refractivity contribution in [2.75, 3.05) is 11.9 Å². The summed E-state index contributed by atoms with van der Waals surface area (Å²) in [4.78, 5) is 36.2. The molecule has 0 spiro atoms. The number of rotatable bonds is 5. The molecule has 1 N–H and O–H groups in total. The molecule has 3 aromatic rings. The Morgan fingerprint density at radius 1 is 1.04 bits per heavy atom. The fraction of sp³-hybridized carbons (Fsp3) is 0.100. The molecule has 0 saturated carbocycles. The Balaban J connectivity index is 1.73. The molecule has 0 saturated heterocycles. The van der Waals surface area contributed by atoms with E-state index in [9.17, 15) is 14.4 Å². The highest BCUT2D eigenvalue weighted by molar-refractivity contribution is 5.94. The Morgan fingerprint density at radius 3 is 2.33 bits per heavy atom. The number of aryl methyl sites for hydroxylation is 1. The van der Waals surface area contributed by atoms with Crippen LogP contribution < -0.4 is 10.7 Å². The molecule has 2 aromatic carbocycles. The topological polar surface area (TPSA) is 90.3 Å². The summed E-state index contributed by atoms with van der Waals surface area (Å²) in [6, 6.07) is 19.2. The van der Waals surface area contributed by atoms with Crippen molar-refractivity contribution in [1.82, 2.24) is 9.78 Å². The Hall–Kier alpha value is -3.74. The number of nitrogens with one attached hydrogen (secondary N) is 1. The van der Waals surface area contributed by atoms with Crippen LogP contribution >= 0.6 is 0 Å². The summed E-state index contributed by atoms with van der Waals surface area (Å²) in [5.41, 5.74) is 0.916. The molecule has 0 aliphatic carbocycles. The number of carbonyl (C=O) groups is 2. The molecule has 1 heterocycles. The van der Waals surface area contributed by atoms with Gasteiger partial charge in [0.1, 0.15) is 0 Å². The number of ether oxygens (including phenoxy) is 1. The van der Waals surface area contributed by atoms with Gasteiger partial charge in [0.15, 0.2) is 6.61 Å². The zero-order chi connectivity index (χ0) is 19.2. The molecule has 0 unspecified atom stereocenters. The molecule has 136 valence electrons. The normalized spacial score (nSPS) is 10.3. The molecule has 1 aromatic heterocycles. The zero-order valence-corrected chi connectivity index (χ0v) is 14.6. The van der Waals surface area contributed by atoms with Gasteiger partial charge in [0, 0.05) is 17.4 Å². The lowest BCUT2D eigenvalue weighted by Crippen LogP contribution is -2.27. The SMILES string of the molecule is Cc1cc(=O)c(C(=O)OCC(=O)Nc2ccccc2)nn1-c1ccccc1. The van der Waals surface area contributed by atoms with Gasteiger partial charge in [-0.25, -0.2) is 9.48 Å². The average molecular weight is 363 g/mol. The van der Waals surface area contributed by atoms with Crippen molar-refractivity contribution < 1.29 is 14.3 Å². The number of nitrogens with zero attached hydrogens (tertiary/aromatic N) is 2. The van der Waals surface area contributed by atoms with Gasteiger partial charge in [0.2, 0.25) is 11.1 Å². The molecule has 0 aliphatic heterocycles. The standard InChI is InChI=1S/C20H17N3O4/c1-14-12-17(24)19(22-23(14)16-10-6-3-7-11-16)20(26)27-13-18(25)21-15-8-4-2-5-9-15/h2-12H,13H2,1H3,(H,21,25). The van der Waals surface area contributed by atoms with E-state index in [2.05, 4.69) is 10.4 Å². The van der Waals surface area contributed by atoms with Gasteiger partial charge in [-0.1, -0.05) is 36.4 Å². The van der Waals surface area contributed by atoms with Crippen LogP contribution in [0.25, 0.3) is 5.69 Å². The van der Waals surface area contributed by atoms with Crippen molar-refractivity contribution in [2.45, 2.75) is 6.92 Å². The first-order valence-corrected chi connectivity index (χ1v) is 8.23. The van der Waals surface area contributed by atoms with Gasteiger partial charge in [-0.15, -0.1) is 0 Å². The van der Waals surface area contributed by atoms with Gasteiger partial charge in [0.05, 0.1) is 5.69 Å². The fourth-order valence-corrected chi connectivity index (χ4v) is 2.44. The molecule has 3 rings (SSSR count). The minimum atomic E-state index is -0.951. The summed E-state index contributed by atoms with van der Waals surface area (Å²) in [7, 11) is 0. The first kappa shape index (κ1) is 18.1. The molecular formula is C20H17N3O4. The van der Waals surface area contributed by atoms with Crippen LogP contribution in [0.4, 0.5) is 5.69 Å². The van der Waals surface area contributed by atoms with E-state index in [1.165, 1.54) is 10.7 Å². The van der Waals surface area contributed by atoms with E-state index in [1.807, 2.05) is 24.3 Å². The molecule has 0 fully saturated rings. The van der Waals surface area contributed by atoms with Crippen molar-refractivity contribution >= 4 is 17.6 Å². The quantitative estimate of drug-likeness (QED) is 0.703. The number of anilines is 1. The second-order valence-corrected chi connectivity index (χ2v) is 5.74. The van der Waals surface area contributed by atoms with Crippen molar-refractivity contribution in [3.63, 3.8) is 0 Å². The predicted molar refractivity (Wildman–Crippen MR) is 99.9 cm³/mol. The van der Waals surface area contributed by atoms with Crippen LogP contribution in [-0.4, -0.2) is 28.3 Å². The third kappa shape index (κ3) is 4.46. The van der Waals surface area contributed by atoms with Gasteiger partial charge < -0.3 is 10.1 Å². The van der Waals surface area contributed by atoms with E-state index in [4.69, 9.17) is 4.74 Å². The Kier molecular flexibility index (Phi) is 5.41. The summed E-state index contributed by atoms with van der Waals surface area (Å²) < 4.78 is 6.42. The molecule has 1 amide bonds. The largest absolute Gasteiger partial charge is 0.451 e. The molecule has 0 radical (unpaired) electrons. The van der Waals surface area contributed by atoms with Crippen molar-refractivity contribution in [2.24, 2.45) is 0 Å². The lowest BCUT2D eigenvalue weighted by molar-refractivity contribution is -0.119. The van der Waals surface area contributed by atoms with E-state index in [-0.39, 0.29) is 5.69 Å². The average Bonchev–Trinajstić information content (AvgIpc) is 2.68. The van der Waals surface area contributed by atoms with Gasteiger partial charge in [-0.2, -0.15) is 5.10 Å². The number of hydrogen-bond acceptors (Lipinski definition) is 5. The highest BCUT2D eigenvalue weighted by Crippen LogP contribution is 2.08. The Labute approximate surface area is 155 Å². The molecular weight excluding hydrogens is 346 g/mol. The molecule has 0 bridgehead atoms. The minimum absolute atomic E-state index is 0.378. The minimum Gasteiger partial charge on any atom is -0.451 e. The van der Waals surface area contributed by atoms with E-state index >= 15 is 0 Å². The Bertz CT molecular complexity index is 1010. The summed E-state index contributed by atoms with van der Waals surface area (Å²) in [5.74, 6) is -1.46. The van der Waals surface area contributed by atoms with Crippen LogP contribution in [0, 0.1) is 6.92 Å². The van der Waals surface area contributed by atoms with E-state index in [1.54, 1.807) is 43.3 Å². The van der Waals surface area contributed by atoms with Gasteiger partial charge >= 0.3 is 5.97 Å². The number of hydrogen-bond donors (Lipinski definition) is 1. The first-order valence-electron chi connectivity index (χ1n) is 8.23. The summed E-state index contributed by atoms with van der Waals surface area (Å²) in [5, 5.41) is 6.69. The van der Waals surface area contributed by atoms with Crippen LogP contribution in [0.1, 0.15) is 16.2 Å². The summed E-state index contributed by atoms with van der Waals surface area (Å²) in [6.45, 7) is 1.19. The summed E-state index contributed by atoms with van der Waals surface area (Å²) >= 11 is 0. The highest BCUT2D eigenvalue weighted by atomic mass is 16.5. The first-order chi connectivity index (χ1) is 13.0. The number of carbonyl (C=O) groups excluding carboxylic acids is 2. The fourth-order valence-electron chi connectivity index (χ4n) is 2.44. The van der Waals surface area contributed by atoms with Crippen molar-refractivity contribution in [1.29, 1.82) is 0 Å². The van der Waals surface area contributed by atoms with Gasteiger partial charge in [-0.3, -0.25) is 9.59 Å². The third-order valence-electron chi connectivity index (χ3n) is 3.69. The highest BCUT2D eigenvalue weighted by Gasteiger charge is 2.18. The van der Waals surface area contributed by atoms with Gasteiger partial charge in [0.25, 0.3) is 5.91 Å². The maximum Gasteiger partial charge on any atom is 0.363 e. The van der Waals surface area contributed by atoms with Crippen LogP contribution in [-0.2, 0) is 9.53 Å². The number of amides is 1. The van der Waals surface area contributed by atoms with E-state index in [0.29, 0.717) is 17.1 Å². The second-order valence-electron chi connectivity index (χ2n) is 5.74. The van der Waals surface area contributed by atoms with E-state index in [0.717, 1.165) is 0 Å². The molecule has 0 aliphatic rings. The third-order valence-corrected chi connectivity index (χ3v) is 3.69. The monoisotopic (exact) mass is 363 g/mol. The van der Waals surface area contributed by atoms with Crippen LogP contribution in [0.3, 0.4) is 0 Å². The summed E-state index contributed by atoms with van der Waals surface area (Å²) in [6.07, 6.45) is 0.